The predicted molar refractivity (Wildman–Crippen MR) is 71.8 cm³/mol. The molecule has 1 heterocycles. The molecule has 0 aliphatic carbocycles. The van der Waals surface area contributed by atoms with Gasteiger partial charge in [0.05, 0.1) is 5.69 Å². The van der Waals surface area contributed by atoms with Crippen molar-refractivity contribution in [2.45, 2.75) is 33.7 Å². The first-order valence-electron chi connectivity index (χ1n) is 6.23. The number of nitrogens with two attached hydrogens (primary N) is 1. The Morgan fingerprint density at radius 1 is 1.61 bits per heavy atom. The molecule has 0 spiro atoms. The summed E-state index contributed by atoms with van der Waals surface area (Å²) in [6.45, 7) is 8.50. The summed E-state index contributed by atoms with van der Waals surface area (Å²) in [7, 11) is 0. The monoisotopic (exact) mass is 253 g/mol. The van der Waals surface area contributed by atoms with Gasteiger partial charge in [0.15, 0.2) is 0 Å². The zero-order valence-corrected chi connectivity index (χ0v) is 11.3. The van der Waals surface area contributed by atoms with E-state index in [1.165, 1.54) is 5.69 Å². The van der Waals surface area contributed by atoms with Crippen LogP contribution < -0.4 is 11.1 Å². The van der Waals surface area contributed by atoms with Crippen LogP contribution in [0.25, 0.3) is 0 Å². The second kappa shape index (κ2) is 7.00. The van der Waals surface area contributed by atoms with E-state index in [1.54, 1.807) is 0 Å². The maximum atomic E-state index is 8.51. The van der Waals surface area contributed by atoms with Gasteiger partial charge in [-0.05, 0) is 32.9 Å². The number of oxime groups is 1. The number of nitrogens with one attached hydrogen (secondary N) is 1. The Balaban J connectivity index is 2.18. The SMILES string of the molecule is Cc1cc(C)n(CCCNCC(C)/C(N)=N/O)n1. The van der Waals surface area contributed by atoms with Crippen LogP contribution in [-0.2, 0) is 6.54 Å². The molecule has 0 aliphatic rings. The van der Waals surface area contributed by atoms with Crippen LogP contribution in [0.5, 0.6) is 0 Å². The first-order chi connectivity index (χ1) is 8.54. The number of rotatable bonds is 7. The highest BCUT2D eigenvalue weighted by molar-refractivity contribution is 5.82. The van der Waals surface area contributed by atoms with Gasteiger partial charge in [0.2, 0.25) is 0 Å². The van der Waals surface area contributed by atoms with E-state index in [9.17, 15) is 0 Å². The van der Waals surface area contributed by atoms with Crippen molar-refractivity contribution in [3.8, 4) is 0 Å². The number of aryl methyl sites for hydroxylation is 3. The van der Waals surface area contributed by atoms with Gasteiger partial charge in [0.1, 0.15) is 5.84 Å². The van der Waals surface area contributed by atoms with Crippen molar-refractivity contribution in [2.24, 2.45) is 16.8 Å². The van der Waals surface area contributed by atoms with Crippen LogP contribution >= 0.6 is 0 Å². The molecule has 0 fully saturated rings. The Hall–Kier alpha value is -1.56. The van der Waals surface area contributed by atoms with Gasteiger partial charge in [-0.15, -0.1) is 0 Å². The molecule has 0 bridgehead atoms. The average molecular weight is 253 g/mol. The van der Waals surface area contributed by atoms with Gasteiger partial charge in [-0.2, -0.15) is 5.10 Å². The lowest BCUT2D eigenvalue weighted by molar-refractivity contribution is 0.314. The van der Waals surface area contributed by atoms with Crippen LogP contribution in [0.15, 0.2) is 11.2 Å². The molecule has 1 unspecified atom stereocenters. The topological polar surface area (TPSA) is 88.5 Å². The molecule has 0 amide bonds. The Labute approximate surface area is 108 Å². The van der Waals surface area contributed by atoms with Gasteiger partial charge in [0, 0.05) is 24.7 Å². The lowest BCUT2D eigenvalue weighted by atomic mass is 10.1. The highest BCUT2D eigenvalue weighted by Crippen LogP contribution is 2.02. The Morgan fingerprint density at radius 3 is 2.89 bits per heavy atom. The lowest BCUT2D eigenvalue weighted by Crippen LogP contribution is -2.32. The zero-order valence-electron chi connectivity index (χ0n) is 11.3. The summed E-state index contributed by atoms with van der Waals surface area (Å²) in [5.41, 5.74) is 7.74. The smallest absolute Gasteiger partial charge is 0.143 e. The van der Waals surface area contributed by atoms with E-state index in [0.29, 0.717) is 6.54 Å². The summed E-state index contributed by atoms with van der Waals surface area (Å²) >= 11 is 0. The molecule has 4 N–H and O–H groups in total. The summed E-state index contributed by atoms with van der Waals surface area (Å²) in [5.74, 6) is 0.310. The van der Waals surface area contributed by atoms with E-state index in [-0.39, 0.29) is 11.8 Å². The molecule has 0 radical (unpaired) electrons. The lowest BCUT2D eigenvalue weighted by Gasteiger charge is -2.11. The van der Waals surface area contributed by atoms with Gasteiger partial charge in [-0.25, -0.2) is 0 Å². The highest BCUT2D eigenvalue weighted by atomic mass is 16.4. The molecule has 1 aromatic rings. The molecule has 0 aromatic carbocycles. The number of amidine groups is 1. The zero-order chi connectivity index (χ0) is 13.5. The highest BCUT2D eigenvalue weighted by Gasteiger charge is 2.06. The molecule has 1 atom stereocenters. The maximum absolute atomic E-state index is 8.51. The second-order valence-electron chi connectivity index (χ2n) is 4.63. The first-order valence-corrected chi connectivity index (χ1v) is 6.23. The van der Waals surface area contributed by atoms with Crippen molar-refractivity contribution in [3.63, 3.8) is 0 Å². The van der Waals surface area contributed by atoms with Crippen LogP contribution in [0.1, 0.15) is 24.7 Å². The number of hydrogen-bond acceptors (Lipinski definition) is 4. The van der Waals surface area contributed by atoms with E-state index in [1.807, 2.05) is 18.5 Å². The maximum Gasteiger partial charge on any atom is 0.143 e. The largest absolute Gasteiger partial charge is 0.409 e. The summed E-state index contributed by atoms with van der Waals surface area (Å²) in [6.07, 6.45) is 1.00. The first kappa shape index (κ1) is 14.5. The summed E-state index contributed by atoms with van der Waals surface area (Å²) in [4.78, 5) is 0. The molecule has 1 aromatic heterocycles. The van der Waals surface area contributed by atoms with Crippen LogP contribution in [0, 0.1) is 19.8 Å². The van der Waals surface area contributed by atoms with Gasteiger partial charge >= 0.3 is 0 Å². The van der Waals surface area contributed by atoms with Gasteiger partial charge in [-0.3, -0.25) is 4.68 Å². The average Bonchev–Trinajstić information content (AvgIpc) is 2.66. The fourth-order valence-electron chi connectivity index (χ4n) is 1.78. The summed E-state index contributed by atoms with van der Waals surface area (Å²) in [6, 6.07) is 2.08. The summed E-state index contributed by atoms with van der Waals surface area (Å²) in [5, 5.41) is 19.2. The minimum Gasteiger partial charge on any atom is -0.409 e. The molecule has 1 rings (SSSR count). The van der Waals surface area contributed by atoms with Crippen LogP contribution in [-0.4, -0.2) is 33.9 Å². The van der Waals surface area contributed by atoms with Crippen molar-refractivity contribution < 1.29 is 5.21 Å². The van der Waals surface area contributed by atoms with Crippen LogP contribution in [0.2, 0.25) is 0 Å². The van der Waals surface area contributed by atoms with Crippen LogP contribution in [0.3, 0.4) is 0 Å². The molecule has 6 heteroatoms. The molecular formula is C12H23N5O. The van der Waals surface area contributed by atoms with Gasteiger partial charge in [-0.1, -0.05) is 12.1 Å². The molecule has 0 aliphatic heterocycles. The van der Waals surface area contributed by atoms with Crippen molar-refractivity contribution in [2.75, 3.05) is 13.1 Å². The molecule has 0 saturated heterocycles. The van der Waals surface area contributed by atoms with Gasteiger partial charge in [0.25, 0.3) is 0 Å². The van der Waals surface area contributed by atoms with Crippen molar-refractivity contribution in [1.82, 2.24) is 15.1 Å². The Bertz CT molecular complexity index is 399. The molecule has 102 valence electrons. The number of hydrogen-bond donors (Lipinski definition) is 3. The normalized spacial score (nSPS) is 13.8. The number of aromatic nitrogens is 2. The third kappa shape index (κ3) is 4.37. The minimum absolute atomic E-state index is 0.0451. The Morgan fingerprint density at radius 2 is 2.33 bits per heavy atom. The van der Waals surface area contributed by atoms with Crippen molar-refractivity contribution >= 4 is 5.84 Å². The van der Waals surface area contributed by atoms with E-state index < -0.39 is 0 Å². The standard InChI is InChI=1S/C12H23N5O/c1-9(12(13)16-18)8-14-5-4-6-17-11(3)7-10(2)15-17/h7,9,14,18H,4-6,8H2,1-3H3,(H2,13,16). The number of nitrogens with zero attached hydrogens (tertiary/aromatic N) is 3. The van der Waals surface area contributed by atoms with E-state index in [0.717, 1.165) is 25.2 Å². The van der Waals surface area contributed by atoms with Crippen molar-refractivity contribution in [1.29, 1.82) is 0 Å². The molecule has 0 saturated carbocycles. The fraction of sp³-hybridized carbons (Fsp3) is 0.667. The molecule has 18 heavy (non-hydrogen) atoms. The van der Waals surface area contributed by atoms with Gasteiger partial charge < -0.3 is 16.3 Å². The predicted octanol–water partition coefficient (Wildman–Crippen LogP) is 0.862. The molecule has 6 nitrogen and oxygen atoms in total. The fourth-order valence-corrected chi connectivity index (χ4v) is 1.78. The van der Waals surface area contributed by atoms with E-state index >= 15 is 0 Å². The summed E-state index contributed by atoms with van der Waals surface area (Å²) < 4.78 is 2.02. The third-order valence-electron chi connectivity index (χ3n) is 2.90. The third-order valence-corrected chi connectivity index (χ3v) is 2.90. The van der Waals surface area contributed by atoms with E-state index in [2.05, 4.69) is 28.6 Å². The second-order valence-corrected chi connectivity index (χ2v) is 4.63. The Kier molecular flexibility index (Phi) is 5.64. The van der Waals surface area contributed by atoms with E-state index in [4.69, 9.17) is 10.9 Å². The quantitative estimate of drug-likeness (QED) is 0.221. The van der Waals surface area contributed by atoms with Crippen molar-refractivity contribution in [3.05, 3.63) is 17.5 Å². The minimum atomic E-state index is 0.0451. The van der Waals surface area contributed by atoms with Crippen LogP contribution in [0.4, 0.5) is 0 Å². The molecular weight excluding hydrogens is 230 g/mol.